The monoisotopic (exact) mass is 290 g/mol. The van der Waals surface area contributed by atoms with Gasteiger partial charge >= 0.3 is 0 Å². The van der Waals surface area contributed by atoms with Gasteiger partial charge in [0.2, 0.25) is 0 Å². The van der Waals surface area contributed by atoms with Crippen LogP contribution in [-0.2, 0) is 0 Å². The Hall–Kier alpha value is -0.610. The first-order valence-electron chi connectivity index (χ1n) is 5.75. The summed E-state index contributed by atoms with van der Waals surface area (Å²) in [7, 11) is 2.12. The fourth-order valence-corrected chi connectivity index (χ4v) is 1.92. The first kappa shape index (κ1) is 17.4. The van der Waals surface area contributed by atoms with Crippen LogP contribution in [0, 0.1) is 0 Å². The Bertz CT molecular complexity index is 351. The Morgan fingerprint density at radius 2 is 1.61 bits per heavy atom. The first-order chi connectivity index (χ1) is 7.75. The van der Waals surface area contributed by atoms with Crippen LogP contribution in [-0.4, -0.2) is 55.4 Å². The van der Waals surface area contributed by atoms with E-state index >= 15 is 0 Å². The average molecular weight is 291 g/mol. The second kappa shape index (κ2) is 8.48. The van der Waals surface area contributed by atoms with Gasteiger partial charge in [0.1, 0.15) is 0 Å². The molecular formula is C13H20Cl2N2O. The summed E-state index contributed by atoms with van der Waals surface area (Å²) >= 11 is 0. The lowest BCUT2D eigenvalue weighted by Gasteiger charge is -2.31. The predicted octanol–water partition coefficient (Wildman–Crippen LogP) is 1.96. The molecule has 0 aliphatic carbocycles. The molecule has 1 aliphatic rings. The van der Waals surface area contributed by atoms with Crippen molar-refractivity contribution in [1.82, 2.24) is 9.80 Å². The number of halogens is 2. The van der Waals surface area contributed by atoms with E-state index in [9.17, 15) is 4.79 Å². The van der Waals surface area contributed by atoms with Gasteiger partial charge in [0.15, 0.2) is 5.78 Å². The van der Waals surface area contributed by atoms with E-state index in [-0.39, 0.29) is 30.6 Å². The zero-order valence-corrected chi connectivity index (χ0v) is 12.2. The van der Waals surface area contributed by atoms with Gasteiger partial charge in [-0.1, -0.05) is 30.3 Å². The van der Waals surface area contributed by atoms with Crippen molar-refractivity contribution >= 4 is 30.6 Å². The summed E-state index contributed by atoms with van der Waals surface area (Å²) in [5.41, 5.74) is 0.821. The third-order valence-corrected chi connectivity index (χ3v) is 3.06. The minimum absolute atomic E-state index is 0. The molecule has 1 saturated heterocycles. The molecule has 0 aromatic heterocycles. The lowest BCUT2D eigenvalue weighted by atomic mass is 10.1. The van der Waals surface area contributed by atoms with E-state index in [1.54, 1.807) is 0 Å². The van der Waals surface area contributed by atoms with E-state index in [4.69, 9.17) is 0 Å². The van der Waals surface area contributed by atoms with Gasteiger partial charge in [-0.3, -0.25) is 9.69 Å². The largest absolute Gasteiger partial charge is 0.304 e. The van der Waals surface area contributed by atoms with E-state index in [0.29, 0.717) is 6.54 Å². The average Bonchev–Trinajstić information content (AvgIpc) is 2.33. The van der Waals surface area contributed by atoms with Crippen molar-refractivity contribution in [2.45, 2.75) is 0 Å². The molecule has 2 rings (SSSR count). The predicted molar refractivity (Wildman–Crippen MR) is 79.2 cm³/mol. The summed E-state index contributed by atoms with van der Waals surface area (Å²) in [5.74, 6) is 0.227. The highest BCUT2D eigenvalue weighted by atomic mass is 35.5. The lowest BCUT2D eigenvalue weighted by Crippen LogP contribution is -2.46. The lowest BCUT2D eigenvalue weighted by molar-refractivity contribution is 0.0876. The second-order valence-electron chi connectivity index (χ2n) is 4.37. The van der Waals surface area contributed by atoms with Gasteiger partial charge < -0.3 is 4.90 Å². The summed E-state index contributed by atoms with van der Waals surface area (Å²) < 4.78 is 0. The number of hydrogen-bond donors (Lipinski definition) is 0. The molecular weight excluding hydrogens is 271 g/mol. The third-order valence-electron chi connectivity index (χ3n) is 3.06. The van der Waals surface area contributed by atoms with Crippen molar-refractivity contribution in [3.05, 3.63) is 35.9 Å². The van der Waals surface area contributed by atoms with Crippen molar-refractivity contribution < 1.29 is 4.79 Å². The minimum Gasteiger partial charge on any atom is -0.304 e. The van der Waals surface area contributed by atoms with E-state index in [2.05, 4.69) is 16.8 Å². The first-order valence-corrected chi connectivity index (χ1v) is 5.75. The summed E-state index contributed by atoms with van der Waals surface area (Å²) in [6, 6.07) is 9.54. The maximum Gasteiger partial charge on any atom is 0.176 e. The highest BCUT2D eigenvalue weighted by molar-refractivity contribution is 5.97. The second-order valence-corrected chi connectivity index (χ2v) is 4.37. The number of carbonyl (C=O) groups is 1. The molecule has 102 valence electrons. The number of carbonyl (C=O) groups excluding carboxylic acids is 1. The van der Waals surface area contributed by atoms with Crippen LogP contribution in [0.5, 0.6) is 0 Å². The van der Waals surface area contributed by atoms with Crippen LogP contribution in [0.25, 0.3) is 0 Å². The maximum atomic E-state index is 11.9. The molecule has 0 atom stereocenters. The summed E-state index contributed by atoms with van der Waals surface area (Å²) in [4.78, 5) is 16.5. The van der Waals surface area contributed by atoms with Crippen LogP contribution < -0.4 is 0 Å². The molecule has 1 aromatic rings. The summed E-state index contributed by atoms with van der Waals surface area (Å²) in [5, 5.41) is 0. The van der Waals surface area contributed by atoms with E-state index < -0.39 is 0 Å². The zero-order valence-electron chi connectivity index (χ0n) is 10.5. The molecule has 1 aliphatic heterocycles. The van der Waals surface area contributed by atoms with Crippen LogP contribution >= 0.6 is 24.8 Å². The van der Waals surface area contributed by atoms with Crippen LogP contribution in [0.15, 0.2) is 30.3 Å². The molecule has 0 radical (unpaired) electrons. The number of ketones is 1. The molecule has 1 aromatic carbocycles. The number of nitrogens with zero attached hydrogens (tertiary/aromatic N) is 2. The quantitative estimate of drug-likeness (QED) is 0.795. The third kappa shape index (κ3) is 4.94. The fourth-order valence-electron chi connectivity index (χ4n) is 1.92. The maximum absolute atomic E-state index is 11.9. The highest BCUT2D eigenvalue weighted by Gasteiger charge is 2.16. The molecule has 3 nitrogen and oxygen atoms in total. The van der Waals surface area contributed by atoms with Gasteiger partial charge in [-0.2, -0.15) is 0 Å². The number of likely N-dealkylation sites (N-methyl/N-ethyl adjacent to an activating group) is 1. The fraction of sp³-hybridized carbons (Fsp3) is 0.462. The smallest absolute Gasteiger partial charge is 0.176 e. The van der Waals surface area contributed by atoms with Crippen molar-refractivity contribution in [2.24, 2.45) is 0 Å². The Balaban J connectivity index is 0.00000144. The molecule has 0 unspecified atom stereocenters. The number of benzene rings is 1. The van der Waals surface area contributed by atoms with E-state index in [1.165, 1.54) is 0 Å². The van der Waals surface area contributed by atoms with Crippen molar-refractivity contribution in [3.63, 3.8) is 0 Å². The van der Waals surface area contributed by atoms with Crippen molar-refractivity contribution in [1.29, 1.82) is 0 Å². The summed E-state index contributed by atoms with van der Waals surface area (Å²) in [6.07, 6.45) is 0. The minimum atomic E-state index is 0. The van der Waals surface area contributed by atoms with Crippen LogP contribution in [0.3, 0.4) is 0 Å². The van der Waals surface area contributed by atoms with Gasteiger partial charge in [-0.25, -0.2) is 0 Å². The molecule has 0 saturated carbocycles. The SMILES string of the molecule is CN1CCN(CC(=O)c2ccccc2)CC1.Cl.Cl. The number of Topliss-reactive ketones (excluding diaryl/α,β-unsaturated/α-hetero) is 1. The number of piperazine rings is 1. The Morgan fingerprint density at radius 3 is 2.17 bits per heavy atom. The molecule has 0 N–H and O–H groups in total. The van der Waals surface area contributed by atoms with E-state index in [1.807, 2.05) is 30.3 Å². The molecule has 0 amide bonds. The number of rotatable bonds is 3. The number of hydrogen-bond acceptors (Lipinski definition) is 3. The van der Waals surface area contributed by atoms with Gasteiger partial charge in [0.05, 0.1) is 6.54 Å². The van der Waals surface area contributed by atoms with Crippen molar-refractivity contribution in [2.75, 3.05) is 39.8 Å². The molecule has 0 bridgehead atoms. The van der Waals surface area contributed by atoms with Crippen molar-refractivity contribution in [3.8, 4) is 0 Å². The Morgan fingerprint density at radius 1 is 1.06 bits per heavy atom. The van der Waals surface area contributed by atoms with Crippen LogP contribution in [0.2, 0.25) is 0 Å². The van der Waals surface area contributed by atoms with Crippen LogP contribution in [0.4, 0.5) is 0 Å². The van der Waals surface area contributed by atoms with Gasteiger partial charge in [0.25, 0.3) is 0 Å². The molecule has 18 heavy (non-hydrogen) atoms. The molecule has 1 fully saturated rings. The van der Waals surface area contributed by atoms with E-state index in [0.717, 1.165) is 31.7 Å². The molecule has 1 heterocycles. The summed E-state index contributed by atoms with van der Waals surface area (Å²) in [6.45, 7) is 4.66. The normalized spacial score (nSPS) is 16.5. The Labute approximate surface area is 121 Å². The Kier molecular flexibility index (Phi) is 8.20. The highest BCUT2D eigenvalue weighted by Crippen LogP contribution is 2.04. The van der Waals surface area contributed by atoms with Gasteiger partial charge in [0, 0.05) is 31.7 Å². The van der Waals surface area contributed by atoms with Crippen LogP contribution in [0.1, 0.15) is 10.4 Å². The molecule has 5 heteroatoms. The van der Waals surface area contributed by atoms with Gasteiger partial charge in [-0.05, 0) is 7.05 Å². The molecule has 0 spiro atoms. The zero-order chi connectivity index (χ0) is 11.4. The topological polar surface area (TPSA) is 23.6 Å². The standard InChI is InChI=1S/C13H18N2O.2ClH/c1-14-7-9-15(10-8-14)11-13(16)12-5-3-2-4-6-12;;/h2-6H,7-11H2,1H3;2*1H. The van der Waals surface area contributed by atoms with Gasteiger partial charge in [-0.15, -0.1) is 24.8 Å².